The van der Waals surface area contributed by atoms with Crippen LogP contribution in [0.1, 0.15) is 29.4 Å². The fourth-order valence-corrected chi connectivity index (χ4v) is 5.32. The van der Waals surface area contributed by atoms with Crippen molar-refractivity contribution in [2.45, 2.75) is 38.0 Å². The molecule has 9 heteroatoms. The third-order valence-corrected chi connectivity index (χ3v) is 7.12. The number of piperidine rings is 3. The van der Waals surface area contributed by atoms with Gasteiger partial charge in [-0.3, -0.25) is 14.5 Å². The first kappa shape index (κ1) is 20.9. The molecule has 2 aromatic rings. The summed E-state index contributed by atoms with van der Waals surface area (Å²) in [6, 6.07) is 10.0. The van der Waals surface area contributed by atoms with Crippen molar-refractivity contribution < 1.29 is 22.8 Å². The van der Waals surface area contributed by atoms with Gasteiger partial charge < -0.3 is 10.6 Å². The number of halogens is 3. The SMILES string of the molecule is C[C@@H]1[C@H](NC(=O)c2ccc(-c3ccccc3NC(=O)C(F)(F)F)s2)C2CCN1CC2. The zero-order valence-corrected chi connectivity index (χ0v) is 17.1. The summed E-state index contributed by atoms with van der Waals surface area (Å²) < 4.78 is 37.9. The maximum atomic E-state index is 12.8. The van der Waals surface area contributed by atoms with Gasteiger partial charge in [-0.2, -0.15) is 13.2 Å². The summed E-state index contributed by atoms with van der Waals surface area (Å²) in [6.07, 6.45) is -2.81. The van der Waals surface area contributed by atoms with Crippen LogP contribution >= 0.6 is 11.3 Å². The quantitative estimate of drug-likeness (QED) is 0.756. The molecule has 1 aromatic carbocycles. The molecule has 2 bridgehead atoms. The Balaban J connectivity index is 1.51. The summed E-state index contributed by atoms with van der Waals surface area (Å²) in [6.45, 7) is 4.28. The predicted octanol–water partition coefficient (Wildman–Crippen LogP) is 4.13. The lowest BCUT2D eigenvalue weighted by Gasteiger charge is -2.49. The number of carbonyl (C=O) groups excluding carboxylic acids is 2. The van der Waals surface area contributed by atoms with E-state index < -0.39 is 12.1 Å². The number of rotatable bonds is 4. The van der Waals surface area contributed by atoms with Crippen LogP contribution in [0, 0.1) is 5.92 Å². The summed E-state index contributed by atoms with van der Waals surface area (Å²) in [7, 11) is 0. The van der Waals surface area contributed by atoms with Crippen molar-refractivity contribution >= 4 is 28.8 Å². The van der Waals surface area contributed by atoms with Gasteiger partial charge in [0, 0.05) is 28.2 Å². The van der Waals surface area contributed by atoms with E-state index in [0.29, 0.717) is 27.3 Å². The minimum absolute atomic E-state index is 0.0552. The molecule has 0 spiro atoms. The molecule has 2 atom stereocenters. The van der Waals surface area contributed by atoms with Crippen molar-refractivity contribution in [2.75, 3.05) is 18.4 Å². The van der Waals surface area contributed by atoms with Gasteiger partial charge >= 0.3 is 12.1 Å². The highest BCUT2D eigenvalue weighted by Gasteiger charge is 2.41. The van der Waals surface area contributed by atoms with E-state index in [1.54, 1.807) is 30.3 Å². The van der Waals surface area contributed by atoms with E-state index in [0.717, 1.165) is 25.9 Å². The van der Waals surface area contributed by atoms with Crippen LogP contribution in [-0.2, 0) is 4.79 Å². The summed E-state index contributed by atoms with van der Waals surface area (Å²) in [4.78, 5) is 27.7. The predicted molar refractivity (Wildman–Crippen MR) is 109 cm³/mol. The molecule has 1 aromatic heterocycles. The molecule has 2 amide bonds. The number of alkyl halides is 3. The number of amides is 2. The zero-order valence-electron chi connectivity index (χ0n) is 16.3. The summed E-state index contributed by atoms with van der Waals surface area (Å²) in [5.74, 6) is -1.72. The van der Waals surface area contributed by atoms with Crippen LogP contribution in [0.25, 0.3) is 10.4 Å². The molecule has 5 rings (SSSR count). The zero-order chi connectivity index (χ0) is 21.5. The molecule has 160 valence electrons. The Morgan fingerprint density at radius 1 is 1.10 bits per heavy atom. The molecule has 3 saturated heterocycles. The highest BCUT2D eigenvalue weighted by molar-refractivity contribution is 7.17. The number of benzene rings is 1. The second-order valence-corrected chi connectivity index (χ2v) is 8.86. The molecule has 3 fully saturated rings. The molecule has 5 nitrogen and oxygen atoms in total. The number of para-hydroxylation sites is 1. The van der Waals surface area contributed by atoms with Gasteiger partial charge in [0.05, 0.1) is 4.88 Å². The normalized spacial score (nSPS) is 25.7. The molecule has 3 aliphatic heterocycles. The number of thiophene rings is 1. The van der Waals surface area contributed by atoms with E-state index in [-0.39, 0.29) is 17.6 Å². The lowest BCUT2D eigenvalue weighted by Crippen LogP contribution is -2.62. The fourth-order valence-electron chi connectivity index (χ4n) is 4.37. The average molecular weight is 437 g/mol. The largest absolute Gasteiger partial charge is 0.471 e. The number of anilines is 1. The highest BCUT2D eigenvalue weighted by atomic mass is 32.1. The van der Waals surface area contributed by atoms with Crippen LogP contribution in [0.4, 0.5) is 18.9 Å². The third-order valence-electron chi connectivity index (χ3n) is 6.00. The minimum Gasteiger partial charge on any atom is -0.347 e. The van der Waals surface area contributed by atoms with Crippen LogP contribution in [-0.4, -0.2) is 48.1 Å². The number of fused-ring (bicyclic) bond motifs is 3. The van der Waals surface area contributed by atoms with Crippen LogP contribution in [0.3, 0.4) is 0 Å². The minimum atomic E-state index is -4.97. The Hall–Kier alpha value is -2.39. The van der Waals surface area contributed by atoms with Crippen molar-refractivity contribution in [1.29, 1.82) is 0 Å². The Bertz CT molecular complexity index is 949. The van der Waals surface area contributed by atoms with Crippen molar-refractivity contribution in [3.8, 4) is 10.4 Å². The lowest BCUT2D eigenvalue weighted by atomic mass is 9.79. The Morgan fingerprint density at radius 3 is 2.47 bits per heavy atom. The summed E-state index contributed by atoms with van der Waals surface area (Å²) in [5, 5.41) is 5.07. The molecule has 3 aliphatic rings. The van der Waals surface area contributed by atoms with Crippen molar-refractivity contribution in [2.24, 2.45) is 5.92 Å². The molecule has 0 unspecified atom stereocenters. The Kier molecular flexibility index (Phi) is 5.59. The molecule has 0 radical (unpaired) electrons. The van der Waals surface area contributed by atoms with Crippen LogP contribution < -0.4 is 10.6 Å². The fraction of sp³-hybridized carbons (Fsp3) is 0.429. The van der Waals surface area contributed by atoms with E-state index in [1.165, 1.54) is 17.4 Å². The van der Waals surface area contributed by atoms with Crippen molar-refractivity contribution in [1.82, 2.24) is 10.2 Å². The summed E-state index contributed by atoms with van der Waals surface area (Å²) in [5.41, 5.74) is 0.495. The van der Waals surface area contributed by atoms with Crippen LogP contribution in [0.2, 0.25) is 0 Å². The van der Waals surface area contributed by atoms with E-state index in [9.17, 15) is 22.8 Å². The molecular weight excluding hydrogens is 415 g/mol. The topological polar surface area (TPSA) is 61.4 Å². The number of hydrogen-bond donors (Lipinski definition) is 2. The maximum Gasteiger partial charge on any atom is 0.471 e. The molecule has 0 saturated carbocycles. The number of nitrogens with one attached hydrogen (secondary N) is 2. The second kappa shape index (κ2) is 8.03. The molecule has 30 heavy (non-hydrogen) atoms. The lowest BCUT2D eigenvalue weighted by molar-refractivity contribution is -0.167. The van der Waals surface area contributed by atoms with Gasteiger partial charge in [0.2, 0.25) is 0 Å². The van der Waals surface area contributed by atoms with Gasteiger partial charge in [-0.15, -0.1) is 11.3 Å². The first-order valence-corrected chi connectivity index (χ1v) is 10.7. The van der Waals surface area contributed by atoms with Crippen molar-refractivity contribution in [3.63, 3.8) is 0 Å². The number of carbonyl (C=O) groups is 2. The van der Waals surface area contributed by atoms with Gasteiger partial charge in [0.15, 0.2) is 0 Å². The van der Waals surface area contributed by atoms with Crippen LogP contribution in [0.15, 0.2) is 36.4 Å². The van der Waals surface area contributed by atoms with Gasteiger partial charge in [0.1, 0.15) is 0 Å². The molecule has 4 heterocycles. The van der Waals surface area contributed by atoms with E-state index >= 15 is 0 Å². The van der Waals surface area contributed by atoms with Gasteiger partial charge in [-0.05, 0) is 57.0 Å². The van der Waals surface area contributed by atoms with E-state index in [4.69, 9.17) is 0 Å². The van der Waals surface area contributed by atoms with E-state index in [2.05, 4.69) is 17.1 Å². The third kappa shape index (κ3) is 4.09. The van der Waals surface area contributed by atoms with E-state index in [1.807, 2.05) is 5.32 Å². The molecule has 0 aliphatic carbocycles. The second-order valence-electron chi connectivity index (χ2n) is 7.77. The van der Waals surface area contributed by atoms with Crippen LogP contribution in [0.5, 0.6) is 0 Å². The molecule has 2 N–H and O–H groups in total. The van der Waals surface area contributed by atoms with Gasteiger partial charge in [-0.1, -0.05) is 18.2 Å². The standard InChI is InChI=1S/C21H22F3N3O2S/c1-12-18(13-8-10-27(12)11-9-13)26-19(28)17-7-6-16(30-17)14-4-2-3-5-15(14)25-20(29)21(22,23)24/h2-7,12-13,18H,8-11H2,1H3,(H,25,29)(H,26,28)/t12-,18+/m1/s1. The first-order valence-electron chi connectivity index (χ1n) is 9.86. The highest BCUT2D eigenvalue weighted by Crippen LogP contribution is 2.36. The molecular formula is C21H22F3N3O2S. The smallest absolute Gasteiger partial charge is 0.347 e. The number of nitrogens with zero attached hydrogens (tertiary/aromatic N) is 1. The Labute approximate surface area is 176 Å². The maximum absolute atomic E-state index is 12.8. The van der Waals surface area contributed by atoms with Gasteiger partial charge in [0.25, 0.3) is 5.91 Å². The Morgan fingerprint density at radius 2 is 1.80 bits per heavy atom. The van der Waals surface area contributed by atoms with Crippen molar-refractivity contribution in [3.05, 3.63) is 41.3 Å². The number of hydrogen-bond acceptors (Lipinski definition) is 4. The summed E-state index contributed by atoms with van der Waals surface area (Å²) >= 11 is 1.19. The first-order chi connectivity index (χ1) is 14.2. The van der Waals surface area contributed by atoms with Gasteiger partial charge in [-0.25, -0.2) is 0 Å². The monoisotopic (exact) mass is 437 g/mol. The average Bonchev–Trinajstić information content (AvgIpc) is 3.21.